The van der Waals surface area contributed by atoms with Crippen LogP contribution in [-0.4, -0.2) is 31.0 Å². The van der Waals surface area contributed by atoms with Crippen molar-refractivity contribution < 1.29 is 18.7 Å². The number of hydrogen-bond donors (Lipinski definition) is 2. The number of amides is 2. The number of carbonyl (C=O) groups excluding carboxylic acids is 2. The summed E-state index contributed by atoms with van der Waals surface area (Å²) in [5, 5.41) is 13.7. The average Bonchev–Trinajstić information content (AvgIpc) is 2.60. The smallest absolute Gasteiger partial charge is 0.262 e. The van der Waals surface area contributed by atoms with Gasteiger partial charge in [0, 0.05) is 13.2 Å². The second-order valence-electron chi connectivity index (χ2n) is 4.73. The third-order valence-electron chi connectivity index (χ3n) is 3.22. The Labute approximate surface area is 147 Å². The number of rotatable bonds is 4. The summed E-state index contributed by atoms with van der Waals surface area (Å²) < 4.78 is 19.2. The summed E-state index contributed by atoms with van der Waals surface area (Å²) >= 11 is 5.79. The molecule has 128 valence electrons. The molecule has 0 unspecified atom stereocenters. The summed E-state index contributed by atoms with van der Waals surface area (Å²) in [5.74, 6) is -2.43. The lowest BCUT2D eigenvalue weighted by molar-refractivity contribution is 0.0963. The molecule has 0 spiro atoms. The number of methoxy groups -OCH3 is 1. The molecule has 0 aliphatic rings. The van der Waals surface area contributed by atoms with Crippen molar-refractivity contribution in [1.82, 2.24) is 10.3 Å². The summed E-state index contributed by atoms with van der Waals surface area (Å²) in [6.07, 6.45) is 1.18. The Morgan fingerprint density at radius 1 is 1.32 bits per heavy atom. The van der Waals surface area contributed by atoms with Gasteiger partial charge in [0.15, 0.2) is 0 Å². The zero-order chi connectivity index (χ0) is 18.6. The molecular weight excluding hydrogens is 351 g/mol. The molecular formula is C16H12ClFN4O3. The Kier molecular flexibility index (Phi) is 5.52. The Hall–Kier alpha value is -3.18. The first-order valence-electron chi connectivity index (χ1n) is 6.87. The van der Waals surface area contributed by atoms with Crippen molar-refractivity contribution in [1.29, 1.82) is 5.26 Å². The monoisotopic (exact) mass is 362 g/mol. The van der Waals surface area contributed by atoms with Gasteiger partial charge in [-0.05, 0) is 18.2 Å². The number of carbonyl (C=O) groups is 2. The van der Waals surface area contributed by atoms with Crippen molar-refractivity contribution in [3.05, 3.63) is 52.1 Å². The fraction of sp³-hybridized carbons (Fsp3) is 0.125. The second-order valence-corrected chi connectivity index (χ2v) is 5.12. The maximum Gasteiger partial charge on any atom is 0.262 e. The van der Waals surface area contributed by atoms with Crippen LogP contribution in [0.25, 0.3) is 0 Å². The summed E-state index contributed by atoms with van der Waals surface area (Å²) in [6.45, 7) is 0. The Morgan fingerprint density at radius 3 is 2.64 bits per heavy atom. The van der Waals surface area contributed by atoms with Crippen LogP contribution in [0.3, 0.4) is 0 Å². The van der Waals surface area contributed by atoms with Crippen LogP contribution in [0.15, 0.2) is 24.4 Å². The van der Waals surface area contributed by atoms with Crippen molar-refractivity contribution >= 4 is 29.1 Å². The highest BCUT2D eigenvalue weighted by molar-refractivity contribution is 6.30. The van der Waals surface area contributed by atoms with E-state index >= 15 is 0 Å². The topological polar surface area (TPSA) is 104 Å². The Bertz CT molecular complexity index is 896. The van der Waals surface area contributed by atoms with E-state index in [0.29, 0.717) is 0 Å². The average molecular weight is 363 g/mol. The van der Waals surface area contributed by atoms with E-state index in [4.69, 9.17) is 21.6 Å². The van der Waals surface area contributed by atoms with Gasteiger partial charge in [-0.2, -0.15) is 5.26 Å². The van der Waals surface area contributed by atoms with E-state index in [1.807, 2.05) is 0 Å². The van der Waals surface area contributed by atoms with Crippen molar-refractivity contribution in [3.63, 3.8) is 0 Å². The van der Waals surface area contributed by atoms with Crippen molar-refractivity contribution in [2.45, 2.75) is 0 Å². The molecule has 0 aliphatic heterocycles. The van der Waals surface area contributed by atoms with Gasteiger partial charge < -0.3 is 15.4 Å². The van der Waals surface area contributed by atoms with Crippen LogP contribution in [0.4, 0.5) is 10.1 Å². The number of benzene rings is 1. The van der Waals surface area contributed by atoms with E-state index in [-0.39, 0.29) is 27.7 Å². The molecule has 1 heterocycles. The number of anilines is 1. The Balaban J connectivity index is 2.47. The molecule has 2 rings (SSSR count). The number of aromatic nitrogens is 1. The van der Waals surface area contributed by atoms with E-state index in [1.54, 1.807) is 6.07 Å². The fourth-order valence-electron chi connectivity index (χ4n) is 2.06. The maximum atomic E-state index is 14.2. The van der Waals surface area contributed by atoms with E-state index in [0.717, 1.165) is 6.07 Å². The predicted octanol–water partition coefficient (Wildman–Crippen LogP) is 2.37. The number of nitrogens with one attached hydrogen (secondary N) is 2. The molecule has 2 amide bonds. The minimum absolute atomic E-state index is 0.00362. The highest BCUT2D eigenvalue weighted by atomic mass is 35.5. The first-order valence-corrected chi connectivity index (χ1v) is 7.25. The molecule has 0 saturated carbocycles. The summed E-state index contributed by atoms with van der Waals surface area (Å²) in [4.78, 5) is 28.1. The van der Waals surface area contributed by atoms with Gasteiger partial charge in [-0.25, -0.2) is 9.37 Å². The van der Waals surface area contributed by atoms with Crippen LogP contribution >= 0.6 is 11.6 Å². The predicted molar refractivity (Wildman–Crippen MR) is 88.3 cm³/mol. The highest BCUT2D eigenvalue weighted by Gasteiger charge is 2.22. The van der Waals surface area contributed by atoms with Crippen molar-refractivity contribution in [3.8, 4) is 11.8 Å². The van der Waals surface area contributed by atoms with Crippen LogP contribution < -0.4 is 15.4 Å². The van der Waals surface area contributed by atoms with E-state index in [1.165, 1.54) is 32.5 Å². The maximum absolute atomic E-state index is 14.2. The third kappa shape index (κ3) is 3.84. The molecule has 1 aromatic heterocycles. The molecule has 9 heteroatoms. The quantitative estimate of drug-likeness (QED) is 0.812. The largest absolute Gasteiger partial charge is 0.496 e. The van der Waals surface area contributed by atoms with Crippen LogP contribution in [0, 0.1) is 17.1 Å². The number of nitrogens with zero attached hydrogens (tertiary/aromatic N) is 2. The van der Waals surface area contributed by atoms with Crippen LogP contribution in [-0.2, 0) is 0 Å². The van der Waals surface area contributed by atoms with Gasteiger partial charge in [0.1, 0.15) is 22.3 Å². The number of pyridine rings is 1. The summed E-state index contributed by atoms with van der Waals surface area (Å²) in [7, 11) is 2.65. The van der Waals surface area contributed by atoms with Gasteiger partial charge in [0.2, 0.25) is 0 Å². The molecule has 0 bridgehead atoms. The van der Waals surface area contributed by atoms with Gasteiger partial charge in [0.05, 0.1) is 30.0 Å². The normalized spacial score (nSPS) is 9.88. The number of halogens is 2. The molecule has 25 heavy (non-hydrogen) atoms. The minimum Gasteiger partial charge on any atom is -0.496 e. The number of hydrogen-bond acceptors (Lipinski definition) is 5. The minimum atomic E-state index is -0.935. The second kappa shape index (κ2) is 7.59. The molecule has 0 radical (unpaired) electrons. The fourth-order valence-corrected chi connectivity index (χ4v) is 2.22. The van der Waals surface area contributed by atoms with Gasteiger partial charge in [-0.3, -0.25) is 9.59 Å². The first-order chi connectivity index (χ1) is 11.9. The van der Waals surface area contributed by atoms with Gasteiger partial charge in [-0.1, -0.05) is 11.6 Å². The third-order valence-corrected chi connectivity index (χ3v) is 3.43. The SMILES string of the molecule is CNC(=O)c1cnc(Cl)cc1NC(=O)c1c(F)cc(C#N)cc1OC. The zero-order valence-corrected chi connectivity index (χ0v) is 13.9. The highest BCUT2D eigenvalue weighted by Crippen LogP contribution is 2.26. The van der Waals surface area contributed by atoms with Gasteiger partial charge in [0.25, 0.3) is 11.8 Å². The number of ether oxygens (including phenoxy) is 1. The van der Waals surface area contributed by atoms with Crippen LogP contribution in [0.1, 0.15) is 26.3 Å². The van der Waals surface area contributed by atoms with E-state index in [9.17, 15) is 14.0 Å². The van der Waals surface area contributed by atoms with Crippen LogP contribution in [0.5, 0.6) is 5.75 Å². The molecule has 2 N–H and O–H groups in total. The van der Waals surface area contributed by atoms with E-state index in [2.05, 4.69) is 15.6 Å². The Morgan fingerprint density at radius 2 is 2.04 bits per heavy atom. The summed E-state index contributed by atoms with van der Waals surface area (Å²) in [6, 6.07) is 5.18. The van der Waals surface area contributed by atoms with Gasteiger partial charge in [-0.15, -0.1) is 0 Å². The van der Waals surface area contributed by atoms with Crippen molar-refractivity contribution in [2.24, 2.45) is 0 Å². The molecule has 0 atom stereocenters. The molecule has 0 aliphatic carbocycles. The molecule has 0 saturated heterocycles. The van der Waals surface area contributed by atoms with Crippen molar-refractivity contribution in [2.75, 3.05) is 19.5 Å². The van der Waals surface area contributed by atoms with Crippen LogP contribution in [0.2, 0.25) is 5.15 Å². The first kappa shape index (κ1) is 18.2. The molecule has 0 fully saturated rings. The van der Waals surface area contributed by atoms with Gasteiger partial charge >= 0.3 is 0 Å². The molecule has 1 aromatic carbocycles. The molecule has 7 nitrogen and oxygen atoms in total. The number of nitriles is 1. The van der Waals surface area contributed by atoms with E-state index < -0.39 is 23.2 Å². The molecule has 2 aromatic rings. The lowest BCUT2D eigenvalue weighted by Gasteiger charge is -2.13. The lowest BCUT2D eigenvalue weighted by atomic mass is 10.1. The zero-order valence-electron chi connectivity index (χ0n) is 13.2. The summed E-state index contributed by atoms with van der Waals surface area (Å²) in [5.41, 5.74) is -0.301. The standard InChI is InChI=1S/C16H12ClFN4O3/c1-20-15(23)9-7-21-13(17)5-11(9)22-16(24)14-10(18)3-8(6-19)4-12(14)25-2/h3-5,7H,1-2H3,(H,20,23)(H,21,22,24). The lowest BCUT2D eigenvalue weighted by Crippen LogP contribution is -2.22.